The molecule has 1 nitrogen and oxygen atoms in total. The van der Waals surface area contributed by atoms with Crippen molar-refractivity contribution in [1.29, 1.82) is 0 Å². The number of rotatable bonds is 4. The van der Waals surface area contributed by atoms with Crippen LogP contribution in [0.3, 0.4) is 0 Å². The molecule has 0 radical (unpaired) electrons. The summed E-state index contributed by atoms with van der Waals surface area (Å²) in [6, 6.07) is 6.69. The molecule has 21 heavy (non-hydrogen) atoms. The Morgan fingerprint density at radius 1 is 1.38 bits per heavy atom. The minimum atomic E-state index is 0.461. The van der Waals surface area contributed by atoms with E-state index < -0.39 is 0 Å². The van der Waals surface area contributed by atoms with Crippen LogP contribution in [0.1, 0.15) is 37.3 Å². The SMILES string of the molecule is C\C=C(/C=C\C=C\CC)C1CN(C)Cc2cc(Br)ccc21. The van der Waals surface area contributed by atoms with Gasteiger partial charge in [-0.1, -0.05) is 59.3 Å². The van der Waals surface area contributed by atoms with E-state index in [4.69, 9.17) is 0 Å². The monoisotopic (exact) mass is 345 g/mol. The van der Waals surface area contributed by atoms with Crippen LogP contribution in [0.2, 0.25) is 0 Å². The van der Waals surface area contributed by atoms with Crippen molar-refractivity contribution in [3.05, 3.63) is 69.8 Å². The molecule has 0 N–H and O–H groups in total. The number of nitrogens with zero attached hydrogens (tertiary/aromatic N) is 1. The Balaban J connectivity index is 2.30. The van der Waals surface area contributed by atoms with Crippen molar-refractivity contribution in [2.75, 3.05) is 13.6 Å². The van der Waals surface area contributed by atoms with Crippen LogP contribution in [-0.2, 0) is 6.54 Å². The second kappa shape index (κ2) is 7.77. The summed E-state index contributed by atoms with van der Waals surface area (Å²) in [6.07, 6.45) is 12.1. The Morgan fingerprint density at radius 2 is 2.19 bits per heavy atom. The van der Waals surface area contributed by atoms with Gasteiger partial charge in [-0.25, -0.2) is 0 Å². The number of hydrogen-bond donors (Lipinski definition) is 0. The minimum Gasteiger partial charge on any atom is -0.301 e. The summed E-state index contributed by atoms with van der Waals surface area (Å²) < 4.78 is 1.17. The lowest BCUT2D eigenvalue weighted by molar-refractivity contribution is 0.295. The van der Waals surface area contributed by atoms with E-state index in [0.717, 1.165) is 19.5 Å². The summed E-state index contributed by atoms with van der Waals surface area (Å²) in [4.78, 5) is 2.40. The largest absolute Gasteiger partial charge is 0.301 e. The molecule has 1 aliphatic rings. The Morgan fingerprint density at radius 3 is 2.90 bits per heavy atom. The van der Waals surface area contributed by atoms with Gasteiger partial charge in [-0.2, -0.15) is 0 Å². The second-order valence-corrected chi connectivity index (χ2v) is 6.49. The van der Waals surface area contributed by atoms with Crippen LogP contribution in [0.5, 0.6) is 0 Å². The molecule has 2 rings (SSSR count). The van der Waals surface area contributed by atoms with E-state index in [1.165, 1.54) is 21.2 Å². The minimum absolute atomic E-state index is 0.461. The van der Waals surface area contributed by atoms with Gasteiger partial charge in [0.2, 0.25) is 0 Å². The van der Waals surface area contributed by atoms with Crippen LogP contribution >= 0.6 is 15.9 Å². The standard InChI is InChI=1S/C19H24BrN/c1-4-6-7-8-9-15(5-2)19-14-21(3)13-16-12-17(20)10-11-18(16)19/h5-12,19H,4,13-14H2,1-3H3/b7-6+,9-8-,15-5+. The Kier molecular flexibility index (Phi) is 6.01. The summed E-state index contributed by atoms with van der Waals surface area (Å²) in [5.41, 5.74) is 4.29. The van der Waals surface area contributed by atoms with Crippen molar-refractivity contribution in [3.63, 3.8) is 0 Å². The lowest BCUT2D eigenvalue weighted by atomic mass is 9.84. The highest BCUT2D eigenvalue weighted by Crippen LogP contribution is 2.34. The number of allylic oxidation sites excluding steroid dienone is 5. The molecule has 1 aromatic rings. The fourth-order valence-electron chi connectivity index (χ4n) is 2.90. The highest BCUT2D eigenvalue weighted by molar-refractivity contribution is 9.10. The highest BCUT2D eigenvalue weighted by atomic mass is 79.9. The fraction of sp³-hybridized carbons (Fsp3) is 0.368. The molecule has 1 atom stereocenters. The normalized spacial score (nSPS) is 20.4. The third kappa shape index (κ3) is 4.18. The predicted molar refractivity (Wildman–Crippen MR) is 95.5 cm³/mol. The third-order valence-electron chi connectivity index (χ3n) is 3.92. The van der Waals surface area contributed by atoms with Gasteiger partial charge in [0.1, 0.15) is 0 Å². The van der Waals surface area contributed by atoms with Gasteiger partial charge < -0.3 is 4.90 Å². The molecular formula is C19H24BrN. The molecule has 1 aromatic carbocycles. The van der Waals surface area contributed by atoms with E-state index in [2.05, 4.69) is 90.3 Å². The molecule has 112 valence electrons. The van der Waals surface area contributed by atoms with Crippen LogP contribution < -0.4 is 0 Å². The van der Waals surface area contributed by atoms with E-state index in [-0.39, 0.29) is 0 Å². The molecule has 1 unspecified atom stereocenters. The lowest BCUT2D eigenvalue weighted by Gasteiger charge is -2.33. The van der Waals surface area contributed by atoms with Crippen molar-refractivity contribution >= 4 is 15.9 Å². The first-order valence-electron chi connectivity index (χ1n) is 7.62. The summed E-state index contributed by atoms with van der Waals surface area (Å²) in [5.74, 6) is 0.461. The molecule has 2 heteroatoms. The van der Waals surface area contributed by atoms with Crippen molar-refractivity contribution < 1.29 is 0 Å². The van der Waals surface area contributed by atoms with Crippen LogP contribution in [0.25, 0.3) is 0 Å². The van der Waals surface area contributed by atoms with Crippen LogP contribution in [-0.4, -0.2) is 18.5 Å². The number of benzene rings is 1. The quantitative estimate of drug-likeness (QED) is 0.656. The number of hydrogen-bond acceptors (Lipinski definition) is 1. The maximum Gasteiger partial charge on any atom is 0.0234 e. The van der Waals surface area contributed by atoms with E-state index in [9.17, 15) is 0 Å². The first-order valence-corrected chi connectivity index (χ1v) is 8.41. The molecule has 0 aromatic heterocycles. The highest BCUT2D eigenvalue weighted by Gasteiger charge is 2.24. The van der Waals surface area contributed by atoms with E-state index in [1.54, 1.807) is 0 Å². The molecule has 0 amide bonds. The average molecular weight is 346 g/mol. The van der Waals surface area contributed by atoms with Crippen molar-refractivity contribution in [2.24, 2.45) is 0 Å². The Hall–Kier alpha value is -1.12. The zero-order valence-corrected chi connectivity index (χ0v) is 14.7. The van der Waals surface area contributed by atoms with E-state index in [1.807, 2.05) is 0 Å². The predicted octanol–water partition coefficient (Wildman–Crippen LogP) is 5.45. The van der Waals surface area contributed by atoms with E-state index in [0.29, 0.717) is 5.92 Å². The first-order chi connectivity index (χ1) is 10.2. The van der Waals surface area contributed by atoms with Gasteiger partial charge in [-0.05, 0) is 49.2 Å². The van der Waals surface area contributed by atoms with Crippen LogP contribution in [0.4, 0.5) is 0 Å². The maximum absolute atomic E-state index is 3.59. The summed E-state index contributed by atoms with van der Waals surface area (Å²) in [7, 11) is 2.20. The van der Waals surface area contributed by atoms with Crippen LogP contribution in [0, 0.1) is 0 Å². The number of fused-ring (bicyclic) bond motifs is 1. The van der Waals surface area contributed by atoms with Gasteiger partial charge in [0.25, 0.3) is 0 Å². The molecule has 0 saturated heterocycles. The molecule has 0 fully saturated rings. The van der Waals surface area contributed by atoms with Gasteiger partial charge in [0.15, 0.2) is 0 Å². The molecule has 0 bridgehead atoms. The van der Waals surface area contributed by atoms with Gasteiger partial charge in [0.05, 0.1) is 0 Å². The van der Waals surface area contributed by atoms with Gasteiger partial charge in [-0.3, -0.25) is 0 Å². The Bertz CT molecular complexity index is 569. The van der Waals surface area contributed by atoms with Crippen molar-refractivity contribution in [3.8, 4) is 0 Å². The third-order valence-corrected chi connectivity index (χ3v) is 4.42. The Labute approximate surface area is 137 Å². The topological polar surface area (TPSA) is 3.24 Å². The number of likely N-dealkylation sites (N-methyl/N-ethyl adjacent to an activating group) is 1. The van der Waals surface area contributed by atoms with Gasteiger partial charge in [0, 0.05) is 23.5 Å². The summed E-state index contributed by atoms with van der Waals surface area (Å²) >= 11 is 3.59. The smallest absolute Gasteiger partial charge is 0.0234 e. The zero-order valence-electron chi connectivity index (χ0n) is 13.1. The van der Waals surface area contributed by atoms with Gasteiger partial charge >= 0.3 is 0 Å². The van der Waals surface area contributed by atoms with Crippen molar-refractivity contribution in [1.82, 2.24) is 4.90 Å². The van der Waals surface area contributed by atoms with Gasteiger partial charge in [-0.15, -0.1) is 0 Å². The fourth-order valence-corrected chi connectivity index (χ4v) is 3.30. The molecule has 0 aliphatic carbocycles. The average Bonchev–Trinajstić information content (AvgIpc) is 2.46. The van der Waals surface area contributed by atoms with Crippen LogP contribution in [0.15, 0.2) is 58.6 Å². The molecular weight excluding hydrogens is 322 g/mol. The number of halogens is 1. The first kappa shape index (κ1) is 16.3. The summed E-state index contributed by atoms with van der Waals surface area (Å²) in [5, 5.41) is 0. The van der Waals surface area contributed by atoms with Crippen molar-refractivity contribution in [2.45, 2.75) is 32.7 Å². The molecule has 1 aliphatic heterocycles. The molecule has 1 heterocycles. The second-order valence-electron chi connectivity index (χ2n) is 5.58. The summed E-state index contributed by atoms with van der Waals surface area (Å²) in [6.45, 7) is 6.40. The zero-order chi connectivity index (χ0) is 15.2. The lowest BCUT2D eigenvalue weighted by Crippen LogP contribution is -2.31. The molecule has 0 spiro atoms. The molecule has 0 saturated carbocycles. The van der Waals surface area contributed by atoms with E-state index >= 15 is 0 Å². The maximum atomic E-state index is 3.59.